The highest BCUT2D eigenvalue weighted by Crippen LogP contribution is 2.49. The van der Waals surface area contributed by atoms with Crippen LogP contribution in [-0.4, -0.2) is 24.6 Å². The largest absolute Gasteiger partial charge is 0.494 e. The van der Waals surface area contributed by atoms with Crippen molar-refractivity contribution in [2.45, 2.75) is 31.8 Å². The van der Waals surface area contributed by atoms with Gasteiger partial charge in [0, 0.05) is 11.9 Å². The fraction of sp³-hybridized carbons (Fsp3) is 0.318. The summed E-state index contributed by atoms with van der Waals surface area (Å²) >= 11 is 0. The number of halogens is 1. The topological polar surface area (TPSA) is 110 Å². The van der Waals surface area contributed by atoms with Gasteiger partial charge in [-0.1, -0.05) is 19.6 Å². The van der Waals surface area contributed by atoms with E-state index in [4.69, 9.17) is 20.5 Å². The van der Waals surface area contributed by atoms with Crippen LogP contribution in [0.4, 0.5) is 10.2 Å². The standard InChI is InChI=1S/C12H14FNO3.C10H11N3/c1-16-10-3-2-8(6-9(10)13)12(4-5-12)17-7-11(14)15;1-3-8(2)13-10-5-4-9(6-11)7-12-10/h2-3,6H,4-5,7H2,1H3,(H2,14,15);4-5,7H,2-3H2,1H3,(H,12,13). The van der Waals surface area contributed by atoms with E-state index in [0.717, 1.165) is 36.3 Å². The predicted octanol–water partition coefficient (Wildman–Crippen LogP) is 3.61. The number of amides is 1. The van der Waals surface area contributed by atoms with Crippen molar-refractivity contribution in [3.63, 3.8) is 0 Å². The van der Waals surface area contributed by atoms with Gasteiger partial charge in [-0.15, -0.1) is 0 Å². The molecule has 158 valence electrons. The summed E-state index contributed by atoms with van der Waals surface area (Å²) < 4.78 is 23.8. The number of hydrogen-bond donors (Lipinski definition) is 2. The summed E-state index contributed by atoms with van der Waals surface area (Å²) in [6.45, 7) is 5.66. The normalized spacial score (nSPS) is 13.3. The maximum absolute atomic E-state index is 13.5. The fourth-order valence-electron chi connectivity index (χ4n) is 2.59. The van der Waals surface area contributed by atoms with Gasteiger partial charge in [0.1, 0.15) is 18.5 Å². The van der Waals surface area contributed by atoms with Gasteiger partial charge in [-0.3, -0.25) is 4.79 Å². The highest BCUT2D eigenvalue weighted by molar-refractivity contribution is 5.75. The summed E-state index contributed by atoms with van der Waals surface area (Å²) in [5.41, 5.74) is 6.68. The molecule has 1 aliphatic carbocycles. The number of carbonyl (C=O) groups is 1. The van der Waals surface area contributed by atoms with E-state index in [1.165, 1.54) is 19.4 Å². The van der Waals surface area contributed by atoms with E-state index in [2.05, 4.69) is 16.9 Å². The van der Waals surface area contributed by atoms with Crippen LogP contribution in [-0.2, 0) is 15.1 Å². The summed E-state index contributed by atoms with van der Waals surface area (Å²) in [6, 6.07) is 10.2. The zero-order valence-electron chi connectivity index (χ0n) is 17.1. The van der Waals surface area contributed by atoms with Gasteiger partial charge in [-0.25, -0.2) is 9.37 Å². The van der Waals surface area contributed by atoms with E-state index >= 15 is 0 Å². The molecule has 1 fully saturated rings. The number of hydrogen-bond acceptors (Lipinski definition) is 6. The highest BCUT2D eigenvalue weighted by atomic mass is 19.1. The Morgan fingerprint density at radius 2 is 2.13 bits per heavy atom. The van der Waals surface area contributed by atoms with E-state index in [1.54, 1.807) is 24.3 Å². The molecule has 1 aromatic carbocycles. The lowest BCUT2D eigenvalue weighted by atomic mass is 10.1. The number of pyridine rings is 1. The summed E-state index contributed by atoms with van der Waals surface area (Å²) in [4.78, 5) is 14.7. The van der Waals surface area contributed by atoms with E-state index in [-0.39, 0.29) is 12.4 Å². The Bertz CT molecular complexity index is 934. The van der Waals surface area contributed by atoms with Gasteiger partial charge in [0.05, 0.1) is 18.3 Å². The number of anilines is 1. The maximum Gasteiger partial charge on any atom is 0.243 e. The second-order valence-electron chi connectivity index (χ2n) is 6.72. The van der Waals surface area contributed by atoms with Crippen LogP contribution in [0.3, 0.4) is 0 Å². The fourth-order valence-corrected chi connectivity index (χ4v) is 2.59. The van der Waals surface area contributed by atoms with Crippen LogP contribution < -0.4 is 15.8 Å². The molecule has 1 saturated carbocycles. The monoisotopic (exact) mass is 412 g/mol. The molecule has 0 saturated heterocycles. The number of benzene rings is 1. The zero-order chi connectivity index (χ0) is 22.1. The molecule has 0 atom stereocenters. The average Bonchev–Trinajstić information content (AvgIpc) is 3.54. The molecule has 7 nitrogen and oxygen atoms in total. The number of nitrogens with one attached hydrogen (secondary N) is 1. The Balaban J connectivity index is 0.000000222. The Morgan fingerprint density at radius 3 is 2.60 bits per heavy atom. The molecular formula is C22H25FN4O3. The summed E-state index contributed by atoms with van der Waals surface area (Å²) in [7, 11) is 1.41. The van der Waals surface area contributed by atoms with Crippen molar-refractivity contribution in [1.29, 1.82) is 5.26 Å². The third-order valence-corrected chi connectivity index (χ3v) is 4.50. The van der Waals surface area contributed by atoms with Gasteiger partial charge in [0.2, 0.25) is 5.91 Å². The first kappa shape index (κ1) is 22.8. The van der Waals surface area contributed by atoms with Crippen molar-refractivity contribution in [2.75, 3.05) is 19.0 Å². The van der Waals surface area contributed by atoms with Crippen molar-refractivity contribution in [2.24, 2.45) is 5.73 Å². The Labute approximate surface area is 175 Å². The quantitative estimate of drug-likeness (QED) is 0.685. The molecule has 0 radical (unpaired) electrons. The molecule has 0 bridgehead atoms. The second-order valence-corrected chi connectivity index (χ2v) is 6.72. The van der Waals surface area contributed by atoms with Crippen LogP contribution in [0.2, 0.25) is 0 Å². The SMILES string of the molecule is C=C(CC)Nc1ccc(C#N)cn1.COc1ccc(C2(OCC(N)=O)CC2)cc1F. The number of aromatic nitrogens is 1. The van der Waals surface area contributed by atoms with Crippen LogP contribution in [0.15, 0.2) is 48.8 Å². The summed E-state index contributed by atoms with van der Waals surface area (Å²) in [5.74, 6) is -0.0329. The number of carbonyl (C=O) groups excluding carboxylic acids is 1. The van der Waals surface area contributed by atoms with E-state index in [0.29, 0.717) is 5.56 Å². The maximum atomic E-state index is 13.5. The minimum Gasteiger partial charge on any atom is -0.494 e. The third kappa shape index (κ3) is 6.29. The van der Waals surface area contributed by atoms with Crippen LogP contribution >= 0.6 is 0 Å². The van der Waals surface area contributed by atoms with Crippen LogP contribution in [0.1, 0.15) is 37.3 Å². The zero-order valence-corrected chi connectivity index (χ0v) is 17.1. The smallest absolute Gasteiger partial charge is 0.243 e. The first-order valence-corrected chi connectivity index (χ1v) is 9.40. The van der Waals surface area contributed by atoms with E-state index in [9.17, 15) is 9.18 Å². The molecular weight excluding hydrogens is 387 g/mol. The molecule has 3 rings (SSSR count). The predicted molar refractivity (Wildman–Crippen MR) is 111 cm³/mol. The molecule has 0 unspecified atom stereocenters. The van der Waals surface area contributed by atoms with Gasteiger partial charge in [-0.05, 0) is 49.1 Å². The number of methoxy groups -OCH3 is 1. The number of allylic oxidation sites excluding steroid dienone is 1. The number of nitrogens with two attached hydrogens (primary N) is 1. The van der Waals surface area contributed by atoms with Gasteiger partial charge in [0.25, 0.3) is 0 Å². The number of rotatable bonds is 8. The van der Waals surface area contributed by atoms with Crippen molar-refractivity contribution in [3.05, 3.63) is 65.7 Å². The molecule has 1 aliphatic rings. The molecule has 8 heteroatoms. The minimum atomic E-state index is -0.540. The summed E-state index contributed by atoms with van der Waals surface area (Å²) in [5, 5.41) is 11.6. The number of primary amides is 1. The molecule has 0 spiro atoms. The number of nitriles is 1. The van der Waals surface area contributed by atoms with Crippen molar-refractivity contribution >= 4 is 11.7 Å². The Kier molecular flexibility index (Phi) is 7.90. The molecule has 0 aliphatic heterocycles. The molecule has 1 heterocycles. The molecule has 3 N–H and O–H groups in total. The number of nitrogens with zero attached hydrogens (tertiary/aromatic N) is 2. The first-order valence-electron chi connectivity index (χ1n) is 9.40. The lowest BCUT2D eigenvalue weighted by molar-refractivity contribution is -0.125. The first-order chi connectivity index (χ1) is 14.3. The van der Waals surface area contributed by atoms with E-state index in [1.807, 2.05) is 13.0 Å². The lowest BCUT2D eigenvalue weighted by Crippen LogP contribution is -2.23. The van der Waals surface area contributed by atoms with Crippen LogP contribution in [0, 0.1) is 17.1 Å². The van der Waals surface area contributed by atoms with Gasteiger partial charge >= 0.3 is 0 Å². The minimum absolute atomic E-state index is 0.145. The van der Waals surface area contributed by atoms with Gasteiger partial charge < -0.3 is 20.5 Å². The summed E-state index contributed by atoms with van der Waals surface area (Å²) in [6.07, 6.45) is 3.94. The highest BCUT2D eigenvalue weighted by Gasteiger charge is 2.46. The van der Waals surface area contributed by atoms with E-state index < -0.39 is 17.3 Å². The molecule has 30 heavy (non-hydrogen) atoms. The van der Waals surface area contributed by atoms with Crippen molar-refractivity contribution in [1.82, 2.24) is 4.98 Å². The Hall–Kier alpha value is -3.44. The molecule has 1 aromatic heterocycles. The van der Waals surface area contributed by atoms with Crippen molar-refractivity contribution < 1.29 is 18.7 Å². The van der Waals surface area contributed by atoms with Gasteiger partial charge in [0.15, 0.2) is 11.6 Å². The average molecular weight is 412 g/mol. The molecule has 1 amide bonds. The van der Waals surface area contributed by atoms with Crippen molar-refractivity contribution in [3.8, 4) is 11.8 Å². The van der Waals surface area contributed by atoms with Crippen LogP contribution in [0.25, 0.3) is 0 Å². The lowest BCUT2D eigenvalue weighted by Gasteiger charge is -2.16. The van der Waals surface area contributed by atoms with Gasteiger partial charge in [-0.2, -0.15) is 5.26 Å². The Morgan fingerprint density at radius 1 is 1.40 bits per heavy atom. The number of ether oxygens (including phenoxy) is 2. The second kappa shape index (κ2) is 10.4. The molecule has 2 aromatic rings. The van der Waals surface area contributed by atoms with Crippen LogP contribution in [0.5, 0.6) is 5.75 Å². The third-order valence-electron chi connectivity index (χ3n) is 4.50.